The Morgan fingerprint density at radius 3 is 1.00 bits per heavy atom. The summed E-state index contributed by atoms with van der Waals surface area (Å²) in [6.07, 6.45) is 0. The summed E-state index contributed by atoms with van der Waals surface area (Å²) in [4.78, 5) is 18.0. The fourth-order valence-corrected chi connectivity index (χ4v) is 0. The number of hydrogen-bond donors (Lipinski definition) is 2. The molecule has 9 heavy (non-hydrogen) atoms. The molecule has 0 spiro atoms. The summed E-state index contributed by atoms with van der Waals surface area (Å²) < 4.78 is 0. The van der Waals surface area contributed by atoms with Crippen LogP contribution in [0, 0.1) is 0 Å². The van der Waals surface area contributed by atoms with Crippen LogP contribution in [-0.4, -0.2) is 48.4 Å². The zero-order chi connectivity index (χ0) is 7.15. The van der Waals surface area contributed by atoms with E-state index in [1.165, 1.54) is 0 Å². The first-order valence-corrected chi connectivity index (χ1v) is 1.86. The third-order valence-corrected chi connectivity index (χ3v) is 0. The zero-order valence-electron chi connectivity index (χ0n) is 5.16. The Bertz CT molecular complexity index is 70.6. The minimum Gasteiger partial charge on any atom is -0.481 e. The maximum absolute atomic E-state index is 9.00. The van der Waals surface area contributed by atoms with Gasteiger partial charge in [-0.05, 0) is 0 Å². The minimum atomic E-state index is -0.833. The van der Waals surface area contributed by atoms with Gasteiger partial charge in [0.25, 0.3) is 11.9 Å². The Morgan fingerprint density at radius 2 is 1.00 bits per heavy atom. The van der Waals surface area contributed by atoms with Crippen LogP contribution in [-0.2, 0) is 9.59 Å². The van der Waals surface area contributed by atoms with E-state index >= 15 is 0 Å². The number of carbonyl (C=O) groups is 2. The van der Waals surface area contributed by atoms with E-state index in [1.807, 2.05) is 0 Å². The Balaban J connectivity index is -0.0000000720. The number of carboxylic acid groups (broad SMARTS) is 2. The molecule has 0 rings (SSSR count). The summed E-state index contributed by atoms with van der Waals surface area (Å²) in [5, 5.41) is 14.8. The Labute approximate surface area is 72.0 Å². The SMILES string of the molecule is CC(=O)O.CC(=O)O.[Bi]. The number of hydrogen-bond acceptors (Lipinski definition) is 2. The molecule has 0 aliphatic heterocycles. The van der Waals surface area contributed by atoms with E-state index in [0.29, 0.717) is 0 Å². The molecular formula is C4H8BiO4. The van der Waals surface area contributed by atoms with E-state index in [0.717, 1.165) is 13.8 Å². The van der Waals surface area contributed by atoms with Gasteiger partial charge < -0.3 is 10.2 Å². The van der Waals surface area contributed by atoms with Gasteiger partial charge in [-0.3, -0.25) is 9.59 Å². The first-order chi connectivity index (χ1) is 3.46. The average Bonchev–Trinajstić information content (AvgIpc) is 1.25. The molecule has 0 aromatic rings. The zero-order valence-corrected chi connectivity index (χ0v) is 8.64. The van der Waals surface area contributed by atoms with Gasteiger partial charge in [0.15, 0.2) is 0 Å². The molecule has 0 fully saturated rings. The van der Waals surface area contributed by atoms with Gasteiger partial charge >= 0.3 is 0 Å². The van der Waals surface area contributed by atoms with Gasteiger partial charge in [0.05, 0.1) is 0 Å². The molecule has 0 saturated heterocycles. The topological polar surface area (TPSA) is 74.6 Å². The monoisotopic (exact) mass is 329 g/mol. The van der Waals surface area contributed by atoms with Gasteiger partial charge in [0, 0.05) is 40.1 Å². The van der Waals surface area contributed by atoms with E-state index in [-0.39, 0.29) is 26.2 Å². The van der Waals surface area contributed by atoms with Crippen LogP contribution in [0.25, 0.3) is 0 Å². The van der Waals surface area contributed by atoms with Gasteiger partial charge in [-0.15, -0.1) is 0 Å². The van der Waals surface area contributed by atoms with Crippen LogP contribution in [0.15, 0.2) is 0 Å². The smallest absolute Gasteiger partial charge is 0.300 e. The van der Waals surface area contributed by atoms with Crippen LogP contribution < -0.4 is 0 Å². The molecule has 0 heterocycles. The third-order valence-electron chi connectivity index (χ3n) is 0. The summed E-state index contributed by atoms with van der Waals surface area (Å²) in [6.45, 7) is 2.17. The first kappa shape index (κ1) is 15.9. The second-order valence-corrected chi connectivity index (χ2v) is 1.04. The van der Waals surface area contributed by atoms with Crippen molar-refractivity contribution in [3.05, 3.63) is 0 Å². The van der Waals surface area contributed by atoms with E-state index in [2.05, 4.69) is 0 Å². The Kier molecular flexibility index (Phi) is 19.0. The van der Waals surface area contributed by atoms with Gasteiger partial charge in [-0.2, -0.15) is 0 Å². The number of rotatable bonds is 0. The Morgan fingerprint density at radius 1 is 1.00 bits per heavy atom. The largest absolute Gasteiger partial charge is 0.481 e. The first-order valence-electron chi connectivity index (χ1n) is 1.86. The molecule has 2 N–H and O–H groups in total. The van der Waals surface area contributed by atoms with Crippen LogP contribution in [0.3, 0.4) is 0 Å². The number of carboxylic acids is 2. The maximum atomic E-state index is 9.00. The summed E-state index contributed by atoms with van der Waals surface area (Å²) in [5.74, 6) is -1.67. The Hall–Kier alpha value is -0.177. The average molecular weight is 329 g/mol. The van der Waals surface area contributed by atoms with Crippen LogP contribution >= 0.6 is 0 Å². The van der Waals surface area contributed by atoms with Crippen molar-refractivity contribution in [1.82, 2.24) is 0 Å². The molecule has 0 unspecified atom stereocenters. The maximum Gasteiger partial charge on any atom is 0.300 e. The summed E-state index contributed by atoms with van der Waals surface area (Å²) in [5.41, 5.74) is 0. The molecule has 0 aliphatic rings. The normalized spacial score (nSPS) is 5.56. The van der Waals surface area contributed by atoms with Crippen molar-refractivity contribution in [2.45, 2.75) is 13.8 Å². The van der Waals surface area contributed by atoms with Gasteiger partial charge in [-0.1, -0.05) is 0 Å². The quantitative estimate of drug-likeness (QED) is 0.604. The molecule has 5 heteroatoms. The summed E-state index contributed by atoms with van der Waals surface area (Å²) in [6, 6.07) is 0. The van der Waals surface area contributed by atoms with E-state index in [1.54, 1.807) is 0 Å². The molecule has 4 nitrogen and oxygen atoms in total. The summed E-state index contributed by atoms with van der Waals surface area (Å²) >= 11 is 0. The van der Waals surface area contributed by atoms with Crippen molar-refractivity contribution in [3.63, 3.8) is 0 Å². The molecule has 3 radical (unpaired) electrons. The van der Waals surface area contributed by atoms with Crippen molar-refractivity contribution in [2.75, 3.05) is 0 Å². The van der Waals surface area contributed by atoms with Crippen LogP contribution in [0.4, 0.5) is 0 Å². The van der Waals surface area contributed by atoms with Crippen molar-refractivity contribution in [1.29, 1.82) is 0 Å². The second-order valence-electron chi connectivity index (χ2n) is 1.04. The molecular weight excluding hydrogens is 321 g/mol. The van der Waals surface area contributed by atoms with Crippen molar-refractivity contribution < 1.29 is 19.8 Å². The predicted octanol–water partition coefficient (Wildman–Crippen LogP) is -0.199. The molecule has 0 saturated carbocycles. The molecule has 0 aromatic carbocycles. The van der Waals surface area contributed by atoms with Crippen molar-refractivity contribution >= 4 is 38.1 Å². The molecule has 0 aromatic heterocycles. The van der Waals surface area contributed by atoms with Crippen LogP contribution in [0.1, 0.15) is 13.8 Å². The van der Waals surface area contributed by atoms with Crippen LogP contribution in [0.5, 0.6) is 0 Å². The molecule has 0 atom stereocenters. The van der Waals surface area contributed by atoms with Crippen LogP contribution in [0.2, 0.25) is 0 Å². The van der Waals surface area contributed by atoms with E-state index < -0.39 is 11.9 Å². The van der Waals surface area contributed by atoms with E-state index in [4.69, 9.17) is 19.8 Å². The molecule has 0 bridgehead atoms. The van der Waals surface area contributed by atoms with Crippen molar-refractivity contribution in [2.24, 2.45) is 0 Å². The number of aliphatic carboxylic acids is 2. The van der Waals surface area contributed by atoms with Gasteiger partial charge in [-0.25, -0.2) is 0 Å². The standard InChI is InChI=1S/2C2H4O2.Bi/c2*1-2(3)4;/h2*1H3,(H,3,4);. The van der Waals surface area contributed by atoms with E-state index in [9.17, 15) is 0 Å². The minimum absolute atomic E-state index is 0. The second kappa shape index (κ2) is 10.7. The fourth-order valence-electron chi connectivity index (χ4n) is 0. The molecule has 53 valence electrons. The molecule has 0 amide bonds. The van der Waals surface area contributed by atoms with Gasteiger partial charge in [0.1, 0.15) is 0 Å². The van der Waals surface area contributed by atoms with Gasteiger partial charge in [0.2, 0.25) is 0 Å². The van der Waals surface area contributed by atoms with Crippen molar-refractivity contribution in [3.8, 4) is 0 Å². The predicted molar refractivity (Wildman–Crippen MR) is 32.4 cm³/mol. The fraction of sp³-hybridized carbons (Fsp3) is 0.500. The third kappa shape index (κ3) is 8480. The summed E-state index contributed by atoms with van der Waals surface area (Å²) in [7, 11) is 0. The molecule has 0 aliphatic carbocycles.